The van der Waals surface area contributed by atoms with Crippen LogP contribution in [0.3, 0.4) is 0 Å². The number of nitrogens with zero attached hydrogens (tertiary/aromatic N) is 2. The van der Waals surface area contributed by atoms with Crippen molar-refractivity contribution in [3.63, 3.8) is 0 Å². The van der Waals surface area contributed by atoms with Gasteiger partial charge in [-0.2, -0.15) is 0 Å². The van der Waals surface area contributed by atoms with Crippen LogP contribution in [0.4, 0.5) is 0 Å². The molecule has 0 N–H and O–H groups in total. The fourth-order valence-electron chi connectivity index (χ4n) is 4.15. The topological polar surface area (TPSA) is 17.8 Å². The van der Waals surface area contributed by atoms with Crippen molar-refractivity contribution < 1.29 is 0 Å². The number of hydrogen-bond donors (Lipinski definition) is 0. The van der Waals surface area contributed by atoms with E-state index in [1.54, 1.807) is 0 Å². The van der Waals surface area contributed by atoms with Crippen molar-refractivity contribution in [2.24, 2.45) is 0 Å². The molecule has 2 aromatic carbocycles. The van der Waals surface area contributed by atoms with Crippen LogP contribution in [0.25, 0.3) is 33.4 Å². The molecule has 0 spiro atoms. The minimum absolute atomic E-state index is 0.502. The summed E-state index contributed by atoms with van der Waals surface area (Å²) in [5, 5.41) is 1.28. The van der Waals surface area contributed by atoms with E-state index in [9.17, 15) is 0 Å². The van der Waals surface area contributed by atoms with Gasteiger partial charge < -0.3 is 4.57 Å². The number of hydrogen-bond acceptors (Lipinski definition) is 1. The van der Waals surface area contributed by atoms with E-state index >= 15 is 0 Å². The fraction of sp³-hybridized carbons (Fsp3) is 0.269. The highest BCUT2D eigenvalue weighted by Crippen LogP contribution is 2.36. The molecule has 0 saturated carbocycles. The standard InChI is InChI=1S/C26H27BrN2/c1-3-5-11-23(4-2)29-25-14-13-22(27)17-21(25)18-26(29)20-10-8-9-19(16-20)24-12-6-7-15-28-24/h6-10,12-18,23H,3-5,11H2,1-2H3. The zero-order valence-electron chi connectivity index (χ0n) is 17.1. The van der Waals surface area contributed by atoms with E-state index in [0.29, 0.717) is 6.04 Å². The molecule has 29 heavy (non-hydrogen) atoms. The molecule has 1 atom stereocenters. The van der Waals surface area contributed by atoms with Gasteiger partial charge in [0, 0.05) is 38.9 Å². The highest BCUT2D eigenvalue weighted by Gasteiger charge is 2.18. The summed E-state index contributed by atoms with van der Waals surface area (Å²) in [5.74, 6) is 0. The average Bonchev–Trinajstić information content (AvgIpc) is 3.13. The summed E-state index contributed by atoms with van der Waals surface area (Å²) in [6, 6.07) is 24.3. The Labute approximate surface area is 181 Å². The predicted octanol–water partition coefficient (Wildman–Crippen LogP) is 8.27. The minimum atomic E-state index is 0.502. The first kappa shape index (κ1) is 19.9. The van der Waals surface area contributed by atoms with E-state index in [-0.39, 0.29) is 0 Å². The predicted molar refractivity (Wildman–Crippen MR) is 127 cm³/mol. The van der Waals surface area contributed by atoms with Crippen LogP contribution in [-0.2, 0) is 0 Å². The number of halogens is 1. The molecule has 4 aromatic rings. The molecular formula is C26H27BrN2. The Hall–Kier alpha value is -2.39. The van der Waals surface area contributed by atoms with Gasteiger partial charge in [-0.3, -0.25) is 4.98 Å². The summed E-state index contributed by atoms with van der Waals surface area (Å²) in [4.78, 5) is 4.54. The molecule has 0 saturated heterocycles. The van der Waals surface area contributed by atoms with E-state index in [4.69, 9.17) is 0 Å². The van der Waals surface area contributed by atoms with Crippen LogP contribution in [-0.4, -0.2) is 9.55 Å². The molecule has 4 rings (SSSR count). The van der Waals surface area contributed by atoms with Crippen molar-refractivity contribution in [3.05, 3.63) is 77.4 Å². The van der Waals surface area contributed by atoms with Gasteiger partial charge >= 0.3 is 0 Å². The van der Waals surface area contributed by atoms with Crippen LogP contribution in [0.1, 0.15) is 45.6 Å². The number of rotatable bonds is 7. The normalized spacial score (nSPS) is 12.4. The number of fused-ring (bicyclic) bond motifs is 1. The monoisotopic (exact) mass is 446 g/mol. The van der Waals surface area contributed by atoms with Gasteiger partial charge in [-0.25, -0.2) is 0 Å². The van der Waals surface area contributed by atoms with Crippen molar-refractivity contribution >= 4 is 26.8 Å². The maximum Gasteiger partial charge on any atom is 0.0702 e. The lowest BCUT2D eigenvalue weighted by Gasteiger charge is -2.22. The SMILES string of the molecule is CCCCC(CC)n1c(-c2cccc(-c3ccccn3)c2)cc2cc(Br)ccc21. The summed E-state index contributed by atoms with van der Waals surface area (Å²) in [6.45, 7) is 4.58. The second kappa shape index (κ2) is 8.96. The van der Waals surface area contributed by atoms with Gasteiger partial charge in [-0.1, -0.05) is 66.9 Å². The van der Waals surface area contributed by atoms with Crippen LogP contribution in [0.5, 0.6) is 0 Å². The lowest BCUT2D eigenvalue weighted by molar-refractivity contribution is 0.451. The molecule has 3 heteroatoms. The average molecular weight is 447 g/mol. The first-order valence-electron chi connectivity index (χ1n) is 10.5. The van der Waals surface area contributed by atoms with Gasteiger partial charge in [-0.05, 0) is 60.9 Å². The molecule has 0 bridgehead atoms. The van der Waals surface area contributed by atoms with Crippen molar-refractivity contribution in [3.8, 4) is 22.5 Å². The second-order valence-electron chi connectivity index (χ2n) is 7.60. The van der Waals surface area contributed by atoms with Crippen molar-refractivity contribution in [2.75, 3.05) is 0 Å². The van der Waals surface area contributed by atoms with Crippen molar-refractivity contribution in [2.45, 2.75) is 45.6 Å². The zero-order valence-corrected chi connectivity index (χ0v) is 18.7. The lowest BCUT2D eigenvalue weighted by atomic mass is 10.0. The number of aromatic nitrogens is 2. The minimum Gasteiger partial charge on any atom is -0.337 e. The Kier molecular flexibility index (Phi) is 6.15. The van der Waals surface area contributed by atoms with Crippen LogP contribution >= 0.6 is 15.9 Å². The van der Waals surface area contributed by atoms with Crippen LogP contribution in [0, 0.1) is 0 Å². The largest absolute Gasteiger partial charge is 0.337 e. The van der Waals surface area contributed by atoms with E-state index < -0.39 is 0 Å². The first-order chi connectivity index (χ1) is 14.2. The van der Waals surface area contributed by atoms with Crippen LogP contribution in [0.15, 0.2) is 77.4 Å². The Balaban J connectivity index is 1.88. The molecule has 0 fully saturated rings. The third kappa shape index (κ3) is 4.16. The molecule has 0 aliphatic heterocycles. The lowest BCUT2D eigenvalue weighted by Crippen LogP contribution is -2.09. The van der Waals surface area contributed by atoms with E-state index in [0.717, 1.165) is 22.2 Å². The Bertz CT molecular complexity index is 1100. The summed E-state index contributed by atoms with van der Waals surface area (Å²) < 4.78 is 3.69. The smallest absolute Gasteiger partial charge is 0.0702 e. The molecule has 0 aliphatic rings. The summed E-state index contributed by atoms with van der Waals surface area (Å²) in [5.41, 5.74) is 6.02. The molecule has 0 amide bonds. The van der Waals surface area contributed by atoms with E-state index in [2.05, 4.69) is 93.9 Å². The third-order valence-electron chi connectivity index (χ3n) is 5.65. The molecule has 2 aromatic heterocycles. The number of pyridine rings is 1. The van der Waals surface area contributed by atoms with Crippen molar-refractivity contribution in [1.29, 1.82) is 0 Å². The van der Waals surface area contributed by atoms with Crippen LogP contribution < -0.4 is 0 Å². The second-order valence-corrected chi connectivity index (χ2v) is 8.52. The van der Waals surface area contributed by atoms with E-state index in [1.807, 2.05) is 18.3 Å². The van der Waals surface area contributed by atoms with Gasteiger partial charge in [0.2, 0.25) is 0 Å². The summed E-state index contributed by atoms with van der Waals surface area (Å²) in [7, 11) is 0. The Morgan fingerprint density at radius 2 is 1.79 bits per heavy atom. The fourth-order valence-corrected chi connectivity index (χ4v) is 4.53. The zero-order chi connectivity index (χ0) is 20.2. The van der Waals surface area contributed by atoms with Gasteiger partial charge in [0.25, 0.3) is 0 Å². The van der Waals surface area contributed by atoms with E-state index in [1.165, 1.54) is 41.4 Å². The molecule has 1 unspecified atom stereocenters. The highest BCUT2D eigenvalue weighted by molar-refractivity contribution is 9.10. The molecule has 0 radical (unpaired) electrons. The van der Waals surface area contributed by atoms with Gasteiger partial charge in [-0.15, -0.1) is 0 Å². The quantitative estimate of drug-likeness (QED) is 0.279. The molecule has 148 valence electrons. The molecular weight excluding hydrogens is 420 g/mol. The van der Waals surface area contributed by atoms with Gasteiger partial charge in [0.15, 0.2) is 0 Å². The Morgan fingerprint density at radius 3 is 2.55 bits per heavy atom. The van der Waals surface area contributed by atoms with Crippen molar-refractivity contribution in [1.82, 2.24) is 9.55 Å². The summed E-state index contributed by atoms with van der Waals surface area (Å²) >= 11 is 3.64. The van der Waals surface area contributed by atoms with Crippen LogP contribution in [0.2, 0.25) is 0 Å². The maximum absolute atomic E-state index is 4.54. The third-order valence-corrected chi connectivity index (χ3v) is 6.14. The van der Waals surface area contributed by atoms with Gasteiger partial charge in [0.05, 0.1) is 5.69 Å². The first-order valence-corrected chi connectivity index (χ1v) is 11.3. The summed E-state index contributed by atoms with van der Waals surface area (Å²) in [6.07, 6.45) is 6.68. The Morgan fingerprint density at radius 1 is 0.931 bits per heavy atom. The molecule has 2 nitrogen and oxygen atoms in total. The molecule has 0 aliphatic carbocycles. The highest BCUT2D eigenvalue weighted by atomic mass is 79.9. The number of benzene rings is 2. The maximum atomic E-state index is 4.54. The van der Waals surface area contributed by atoms with Gasteiger partial charge in [0.1, 0.15) is 0 Å². The molecule has 2 heterocycles. The number of unbranched alkanes of at least 4 members (excludes halogenated alkanes) is 1.